The molecule has 0 heterocycles. The maximum atomic E-state index is 12.4. The first kappa shape index (κ1) is 15.5. The summed E-state index contributed by atoms with van der Waals surface area (Å²) in [5.41, 5.74) is 2.11. The van der Waals surface area contributed by atoms with Crippen molar-refractivity contribution in [2.24, 2.45) is 0 Å². The number of carboxylic acids is 1. The van der Waals surface area contributed by atoms with Crippen LogP contribution in [0.25, 0.3) is 0 Å². The lowest BCUT2D eigenvalue weighted by Gasteiger charge is -2.12. The summed E-state index contributed by atoms with van der Waals surface area (Å²) in [6.07, 6.45) is 0. The van der Waals surface area contributed by atoms with Gasteiger partial charge in [-0.05, 0) is 71.8 Å². The first-order valence-corrected chi connectivity index (χ1v) is 7.38. The van der Waals surface area contributed by atoms with Crippen LogP contribution in [-0.2, 0) is 0 Å². The average Bonchev–Trinajstić information content (AvgIpc) is 2.43. The highest BCUT2D eigenvalue weighted by Gasteiger charge is 2.21. The zero-order valence-corrected chi connectivity index (χ0v) is 13.8. The van der Waals surface area contributed by atoms with E-state index in [1.807, 2.05) is 12.1 Å². The highest BCUT2D eigenvalue weighted by atomic mass is 127. The molecule has 0 aromatic heterocycles. The van der Waals surface area contributed by atoms with E-state index in [2.05, 4.69) is 27.9 Å². The van der Waals surface area contributed by atoms with Gasteiger partial charge in [-0.25, -0.2) is 4.79 Å². The van der Waals surface area contributed by atoms with Gasteiger partial charge in [0.2, 0.25) is 0 Å². The highest BCUT2D eigenvalue weighted by molar-refractivity contribution is 14.1. The molecule has 2 N–H and O–H groups in total. The van der Waals surface area contributed by atoms with Gasteiger partial charge in [-0.15, -0.1) is 0 Å². The maximum Gasteiger partial charge on any atom is 0.336 e. The molecule has 0 saturated carbocycles. The smallest absolute Gasteiger partial charge is 0.336 e. The molecule has 0 fully saturated rings. The van der Waals surface area contributed by atoms with Gasteiger partial charge >= 0.3 is 5.97 Å². The van der Waals surface area contributed by atoms with E-state index in [0.717, 1.165) is 3.57 Å². The Morgan fingerprint density at radius 1 is 0.952 bits per heavy atom. The lowest BCUT2D eigenvalue weighted by Crippen LogP contribution is -2.19. The Balaban J connectivity index is 2.41. The molecule has 4 nitrogen and oxygen atoms in total. The zero-order valence-electron chi connectivity index (χ0n) is 11.6. The Hall–Kier alpha value is -1.89. The third-order valence-corrected chi connectivity index (χ3v) is 3.88. The summed E-state index contributed by atoms with van der Waals surface area (Å²) in [5.74, 6) is -1.50. The van der Waals surface area contributed by atoms with Gasteiger partial charge in [0.15, 0.2) is 0 Å². The van der Waals surface area contributed by atoms with Gasteiger partial charge in [0.1, 0.15) is 0 Å². The second-order valence-corrected chi connectivity index (χ2v) is 5.96. The van der Waals surface area contributed by atoms with Crippen molar-refractivity contribution in [2.75, 3.05) is 5.32 Å². The predicted molar refractivity (Wildman–Crippen MR) is 90.0 cm³/mol. The van der Waals surface area contributed by atoms with Gasteiger partial charge < -0.3 is 10.4 Å². The van der Waals surface area contributed by atoms with Crippen molar-refractivity contribution in [1.82, 2.24) is 0 Å². The molecule has 0 unspecified atom stereocenters. The Bertz CT molecular complexity index is 708. The molecule has 2 aromatic rings. The van der Waals surface area contributed by atoms with Crippen LogP contribution in [0.3, 0.4) is 0 Å². The summed E-state index contributed by atoms with van der Waals surface area (Å²) in [5, 5.41) is 12.1. The molecule has 0 atom stereocenters. The summed E-state index contributed by atoms with van der Waals surface area (Å²) >= 11 is 2.17. The van der Waals surface area contributed by atoms with E-state index in [9.17, 15) is 14.7 Å². The number of amides is 1. The monoisotopic (exact) mass is 395 g/mol. The van der Waals surface area contributed by atoms with Crippen LogP contribution in [0.15, 0.2) is 36.4 Å². The highest BCUT2D eigenvalue weighted by Crippen LogP contribution is 2.21. The number of aromatic carboxylic acids is 1. The summed E-state index contributed by atoms with van der Waals surface area (Å²) in [7, 11) is 0. The molecule has 0 radical (unpaired) electrons. The van der Waals surface area contributed by atoms with Crippen molar-refractivity contribution in [1.29, 1.82) is 0 Å². The van der Waals surface area contributed by atoms with Crippen LogP contribution < -0.4 is 5.32 Å². The molecule has 2 rings (SSSR count). The average molecular weight is 395 g/mol. The number of hydrogen-bond acceptors (Lipinski definition) is 2. The summed E-state index contributed by atoms with van der Waals surface area (Å²) in [4.78, 5) is 23.8. The molecule has 0 bridgehead atoms. The molecule has 21 heavy (non-hydrogen) atoms. The Morgan fingerprint density at radius 2 is 1.48 bits per heavy atom. The van der Waals surface area contributed by atoms with E-state index in [1.54, 1.807) is 38.1 Å². The fourth-order valence-electron chi connectivity index (χ4n) is 2.11. The number of benzene rings is 2. The van der Waals surface area contributed by atoms with Crippen LogP contribution in [-0.4, -0.2) is 17.0 Å². The molecule has 1 amide bonds. The first-order valence-electron chi connectivity index (χ1n) is 6.30. The summed E-state index contributed by atoms with van der Waals surface area (Å²) in [6, 6.07) is 10.8. The minimum absolute atomic E-state index is 0.0537. The topological polar surface area (TPSA) is 66.4 Å². The minimum atomic E-state index is -1.09. The third kappa shape index (κ3) is 3.41. The standard InChI is InChI=1S/C16H14INO3/c1-9-3-4-10(2)14(16(20)21)13(9)15(19)18-12-7-5-11(17)6-8-12/h3-8H,1-2H3,(H,18,19)(H,20,21). The maximum absolute atomic E-state index is 12.4. The van der Waals surface area contributed by atoms with E-state index in [-0.39, 0.29) is 11.1 Å². The van der Waals surface area contributed by atoms with Crippen LogP contribution in [0.5, 0.6) is 0 Å². The second-order valence-electron chi connectivity index (χ2n) is 4.72. The molecule has 5 heteroatoms. The van der Waals surface area contributed by atoms with Gasteiger partial charge in [0.25, 0.3) is 5.91 Å². The van der Waals surface area contributed by atoms with Gasteiger partial charge in [0.05, 0.1) is 11.1 Å². The molecule has 0 aliphatic heterocycles. The molecular formula is C16H14INO3. The normalized spacial score (nSPS) is 10.2. The SMILES string of the molecule is Cc1ccc(C)c(C(=O)Nc2ccc(I)cc2)c1C(=O)O. The number of carboxylic acid groups (broad SMARTS) is 1. The van der Waals surface area contributed by atoms with Crippen molar-refractivity contribution >= 4 is 40.2 Å². The number of halogens is 1. The third-order valence-electron chi connectivity index (χ3n) is 3.17. The number of aryl methyl sites for hydroxylation is 2. The predicted octanol–water partition coefficient (Wildman–Crippen LogP) is 3.86. The van der Waals surface area contributed by atoms with Crippen molar-refractivity contribution < 1.29 is 14.7 Å². The molecule has 108 valence electrons. The van der Waals surface area contributed by atoms with Gasteiger partial charge in [0, 0.05) is 9.26 Å². The number of nitrogens with one attached hydrogen (secondary N) is 1. The van der Waals surface area contributed by atoms with Gasteiger partial charge in [-0.3, -0.25) is 4.79 Å². The Kier molecular flexibility index (Phi) is 4.62. The second kappa shape index (κ2) is 6.26. The molecule has 2 aromatic carbocycles. The Morgan fingerprint density at radius 3 is 2.00 bits per heavy atom. The summed E-state index contributed by atoms with van der Waals surface area (Å²) in [6.45, 7) is 3.42. The zero-order chi connectivity index (χ0) is 15.6. The van der Waals surface area contributed by atoms with Gasteiger partial charge in [-0.2, -0.15) is 0 Å². The number of anilines is 1. The van der Waals surface area contributed by atoms with Crippen molar-refractivity contribution in [3.63, 3.8) is 0 Å². The lowest BCUT2D eigenvalue weighted by molar-refractivity contribution is 0.0691. The van der Waals surface area contributed by atoms with E-state index >= 15 is 0 Å². The minimum Gasteiger partial charge on any atom is -0.478 e. The van der Waals surface area contributed by atoms with Crippen LogP contribution in [0.1, 0.15) is 31.8 Å². The number of rotatable bonds is 3. The van der Waals surface area contributed by atoms with Crippen LogP contribution in [0, 0.1) is 17.4 Å². The Labute approximate surface area is 136 Å². The molecule has 0 aliphatic rings. The van der Waals surface area contributed by atoms with Crippen molar-refractivity contribution in [3.8, 4) is 0 Å². The fraction of sp³-hybridized carbons (Fsp3) is 0.125. The van der Waals surface area contributed by atoms with Crippen molar-refractivity contribution in [3.05, 3.63) is 62.2 Å². The van der Waals surface area contributed by atoms with E-state index in [1.165, 1.54) is 0 Å². The van der Waals surface area contributed by atoms with Gasteiger partial charge in [-0.1, -0.05) is 12.1 Å². The number of hydrogen-bond donors (Lipinski definition) is 2. The van der Waals surface area contributed by atoms with Crippen LogP contribution in [0.4, 0.5) is 5.69 Å². The lowest BCUT2D eigenvalue weighted by atomic mass is 9.96. The quantitative estimate of drug-likeness (QED) is 0.776. The molecular weight excluding hydrogens is 381 g/mol. The van der Waals surface area contributed by atoms with E-state index in [4.69, 9.17) is 0 Å². The van der Waals surface area contributed by atoms with E-state index in [0.29, 0.717) is 16.8 Å². The van der Waals surface area contributed by atoms with E-state index < -0.39 is 11.9 Å². The fourth-order valence-corrected chi connectivity index (χ4v) is 2.47. The van der Waals surface area contributed by atoms with Crippen LogP contribution in [0.2, 0.25) is 0 Å². The molecule has 0 aliphatic carbocycles. The first-order chi connectivity index (χ1) is 9.90. The molecule has 0 saturated heterocycles. The summed E-state index contributed by atoms with van der Waals surface area (Å²) < 4.78 is 1.06. The van der Waals surface area contributed by atoms with Crippen molar-refractivity contribution in [2.45, 2.75) is 13.8 Å². The largest absolute Gasteiger partial charge is 0.478 e. The van der Waals surface area contributed by atoms with Crippen LogP contribution >= 0.6 is 22.6 Å². The molecule has 0 spiro atoms. The number of carbonyl (C=O) groups excluding carboxylic acids is 1. The number of carbonyl (C=O) groups is 2.